The molecule has 0 aliphatic heterocycles. The quantitative estimate of drug-likeness (QED) is 0.701. The van der Waals surface area contributed by atoms with Gasteiger partial charge < -0.3 is 10.6 Å². The molecule has 0 radical (unpaired) electrons. The molecule has 0 unspecified atom stereocenters. The third-order valence-electron chi connectivity index (χ3n) is 3.38. The monoisotopic (exact) mass is 432 g/mol. The van der Waals surface area contributed by atoms with Gasteiger partial charge in [-0.15, -0.1) is 0 Å². The first-order valence-corrected chi connectivity index (χ1v) is 8.08. The van der Waals surface area contributed by atoms with Gasteiger partial charge >= 0.3 is 6.18 Å². The van der Waals surface area contributed by atoms with Crippen molar-refractivity contribution in [3.63, 3.8) is 0 Å². The van der Waals surface area contributed by atoms with Gasteiger partial charge in [-0.25, -0.2) is 4.39 Å². The van der Waals surface area contributed by atoms with Crippen molar-refractivity contribution in [2.75, 3.05) is 11.9 Å². The van der Waals surface area contributed by atoms with Crippen LogP contribution in [0.15, 0.2) is 40.9 Å². The summed E-state index contributed by atoms with van der Waals surface area (Å²) in [6.07, 6.45) is -4.52. The molecule has 0 aliphatic rings. The molecule has 0 aromatic heterocycles. The summed E-state index contributed by atoms with van der Waals surface area (Å²) < 4.78 is 50.3. The number of carbonyl (C=O) groups is 2. The van der Waals surface area contributed by atoms with Crippen LogP contribution in [0.25, 0.3) is 0 Å². The zero-order valence-electron chi connectivity index (χ0n) is 13.4. The van der Waals surface area contributed by atoms with E-state index in [-0.39, 0.29) is 21.3 Å². The molecule has 2 aromatic carbocycles. The van der Waals surface area contributed by atoms with Crippen LogP contribution in [0.3, 0.4) is 0 Å². The second-order valence-electron chi connectivity index (χ2n) is 5.41. The fourth-order valence-electron chi connectivity index (χ4n) is 2.01. The van der Waals surface area contributed by atoms with Gasteiger partial charge in [0.15, 0.2) is 0 Å². The van der Waals surface area contributed by atoms with E-state index < -0.39 is 30.4 Å². The summed E-state index contributed by atoms with van der Waals surface area (Å²) >= 11 is 2.98. The van der Waals surface area contributed by atoms with Crippen molar-refractivity contribution in [3.05, 3.63) is 63.4 Å². The second kappa shape index (κ2) is 7.86. The first kappa shape index (κ1) is 19.9. The highest BCUT2D eigenvalue weighted by Crippen LogP contribution is 2.21. The standard InChI is InChI=1S/C17H13BrF4N2O2/c1-9-2-3-11(15(25)23-8-17(20,21)22)7-14(9)24-16(26)10-4-5-12(18)13(19)6-10/h2-7H,8H2,1H3,(H,23,25)(H,24,26). The molecule has 0 bridgehead atoms. The van der Waals surface area contributed by atoms with E-state index in [1.54, 1.807) is 12.2 Å². The maximum Gasteiger partial charge on any atom is 0.405 e. The summed E-state index contributed by atoms with van der Waals surface area (Å²) in [6, 6.07) is 7.90. The van der Waals surface area contributed by atoms with Crippen LogP contribution in [0.1, 0.15) is 26.3 Å². The maximum atomic E-state index is 13.5. The van der Waals surface area contributed by atoms with Crippen molar-refractivity contribution in [2.24, 2.45) is 0 Å². The summed E-state index contributed by atoms with van der Waals surface area (Å²) in [6.45, 7) is 0.189. The Hall–Kier alpha value is -2.42. The molecular weight excluding hydrogens is 420 g/mol. The number of aryl methyl sites for hydroxylation is 1. The molecule has 0 fully saturated rings. The van der Waals surface area contributed by atoms with Crippen LogP contribution in [0.4, 0.5) is 23.2 Å². The first-order chi connectivity index (χ1) is 12.1. The van der Waals surface area contributed by atoms with Gasteiger partial charge in [-0.05, 0) is 58.7 Å². The van der Waals surface area contributed by atoms with Gasteiger partial charge in [0, 0.05) is 16.8 Å². The van der Waals surface area contributed by atoms with Gasteiger partial charge in [-0.3, -0.25) is 9.59 Å². The summed E-state index contributed by atoms with van der Waals surface area (Å²) in [5.41, 5.74) is 0.829. The summed E-state index contributed by atoms with van der Waals surface area (Å²) in [4.78, 5) is 24.0. The first-order valence-electron chi connectivity index (χ1n) is 7.29. The van der Waals surface area contributed by atoms with E-state index in [0.717, 1.165) is 6.07 Å². The molecule has 9 heteroatoms. The molecular formula is C17H13BrF4N2O2. The number of hydrogen-bond donors (Lipinski definition) is 2. The van der Waals surface area contributed by atoms with Crippen molar-refractivity contribution in [1.29, 1.82) is 0 Å². The third-order valence-corrected chi connectivity index (χ3v) is 4.02. The van der Waals surface area contributed by atoms with Gasteiger partial charge in [0.1, 0.15) is 12.4 Å². The van der Waals surface area contributed by atoms with Gasteiger partial charge in [0.25, 0.3) is 11.8 Å². The van der Waals surface area contributed by atoms with Crippen LogP contribution in [0, 0.1) is 12.7 Å². The Morgan fingerprint density at radius 1 is 1.04 bits per heavy atom. The van der Waals surface area contributed by atoms with Gasteiger partial charge in [0.2, 0.25) is 0 Å². The number of hydrogen-bond acceptors (Lipinski definition) is 2. The largest absolute Gasteiger partial charge is 0.405 e. The average Bonchev–Trinajstić information content (AvgIpc) is 2.56. The molecule has 0 spiro atoms. The fourth-order valence-corrected chi connectivity index (χ4v) is 2.26. The minimum Gasteiger partial charge on any atom is -0.343 e. The van der Waals surface area contributed by atoms with E-state index in [1.807, 2.05) is 0 Å². The molecule has 0 atom stereocenters. The number of carbonyl (C=O) groups excluding carboxylic acids is 2. The SMILES string of the molecule is Cc1ccc(C(=O)NCC(F)(F)F)cc1NC(=O)c1ccc(Br)c(F)c1. The van der Waals surface area contributed by atoms with E-state index >= 15 is 0 Å². The number of benzene rings is 2. The molecule has 2 rings (SSSR count). The topological polar surface area (TPSA) is 58.2 Å². The van der Waals surface area contributed by atoms with Gasteiger partial charge in [-0.2, -0.15) is 13.2 Å². The lowest BCUT2D eigenvalue weighted by Gasteiger charge is -2.12. The summed E-state index contributed by atoms with van der Waals surface area (Å²) in [7, 11) is 0. The molecule has 2 amide bonds. The second-order valence-corrected chi connectivity index (χ2v) is 6.26. The molecule has 2 aromatic rings. The van der Waals surface area contributed by atoms with E-state index in [9.17, 15) is 27.2 Å². The number of rotatable bonds is 4. The van der Waals surface area contributed by atoms with Crippen molar-refractivity contribution in [3.8, 4) is 0 Å². The minimum absolute atomic E-state index is 0.0443. The zero-order valence-corrected chi connectivity index (χ0v) is 15.0. The van der Waals surface area contributed by atoms with E-state index in [0.29, 0.717) is 5.56 Å². The predicted molar refractivity (Wildman–Crippen MR) is 91.6 cm³/mol. The molecule has 0 saturated carbocycles. The lowest BCUT2D eigenvalue weighted by atomic mass is 10.1. The lowest BCUT2D eigenvalue weighted by molar-refractivity contribution is -0.123. The van der Waals surface area contributed by atoms with Gasteiger partial charge in [0.05, 0.1) is 4.47 Å². The van der Waals surface area contributed by atoms with Gasteiger partial charge in [-0.1, -0.05) is 6.07 Å². The van der Waals surface area contributed by atoms with E-state index in [1.165, 1.54) is 30.3 Å². The Labute approximate surface area is 154 Å². The van der Waals surface area contributed by atoms with Crippen LogP contribution >= 0.6 is 15.9 Å². The highest BCUT2D eigenvalue weighted by atomic mass is 79.9. The number of alkyl halides is 3. The molecule has 4 nitrogen and oxygen atoms in total. The smallest absolute Gasteiger partial charge is 0.343 e. The molecule has 138 valence electrons. The Balaban J connectivity index is 2.17. The molecule has 0 aliphatic carbocycles. The van der Waals surface area contributed by atoms with Crippen LogP contribution in [-0.2, 0) is 0 Å². The minimum atomic E-state index is -4.52. The van der Waals surface area contributed by atoms with Crippen molar-refractivity contribution >= 4 is 33.4 Å². The number of halogens is 5. The number of amides is 2. The van der Waals surface area contributed by atoms with Crippen molar-refractivity contribution in [2.45, 2.75) is 13.1 Å². The molecule has 2 N–H and O–H groups in total. The maximum absolute atomic E-state index is 13.5. The molecule has 0 heterocycles. The van der Waals surface area contributed by atoms with E-state index in [4.69, 9.17) is 0 Å². The zero-order chi connectivity index (χ0) is 19.5. The molecule has 0 saturated heterocycles. The average molecular weight is 433 g/mol. The van der Waals surface area contributed by atoms with Crippen LogP contribution in [-0.4, -0.2) is 24.5 Å². The third kappa shape index (κ3) is 5.29. The Kier molecular flexibility index (Phi) is 6.01. The molecule has 26 heavy (non-hydrogen) atoms. The van der Waals surface area contributed by atoms with Crippen LogP contribution < -0.4 is 10.6 Å². The highest BCUT2D eigenvalue weighted by Gasteiger charge is 2.28. The number of nitrogens with one attached hydrogen (secondary N) is 2. The van der Waals surface area contributed by atoms with Crippen LogP contribution in [0.5, 0.6) is 0 Å². The fraction of sp³-hybridized carbons (Fsp3) is 0.176. The predicted octanol–water partition coefficient (Wildman–Crippen LogP) is 4.44. The Bertz CT molecular complexity index is 853. The lowest BCUT2D eigenvalue weighted by Crippen LogP contribution is -2.33. The van der Waals surface area contributed by atoms with Crippen LogP contribution in [0.2, 0.25) is 0 Å². The van der Waals surface area contributed by atoms with Crippen molar-refractivity contribution in [1.82, 2.24) is 5.32 Å². The van der Waals surface area contributed by atoms with Crippen molar-refractivity contribution < 1.29 is 27.2 Å². The Morgan fingerprint density at radius 3 is 2.27 bits per heavy atom. The Morgan fingerprint density at radius 2 is 1.65 bits per heavy atom. The normalized spacial score (nSPS) is 11.2. The van der Waals surface area contributed by atoms with E-state index in [2.05, 4.69) is 21.2 Å². The number of anilines is 1. The summed E-state index contributed by atoms with van der Waals surface area (Å²) in [5, 5.41) is 4.27. The summed E-state index contributed by atoms with van der Waals surface area (Å²) in [5.74, 6) is -2.16. The highest BCUT2D eigenvalue weighted by molar-refractivity contribution is 9.10.